The molecule has 0 aliphatic rings. The van der Waals surface area contributed by atoms with Crippen LogP contribution in [0.1, 0.15) is 26.0 Å². The topological polar surface area (TPSA) is 34.4 Å². The first-order valence-electron chi connectivity index (χ1n) is 6.42. The van der Waals surface area contributed by atoms with Crippen LogP contribution in [-0.4, -0.2) is 6.10 Å². The second-order valence-corrected chi connectivity index (χ2v) is 5.49. The predicted molar refractivity (Wildman–Crippen MR) is 85.6 cm³/mol. The summed E-state index contributed by atoms with van der Waals surface area (Å²) in [5.74, 6) is 1.83. The number of benzene rings is 1. The van der Waals surface area contributed by atoms with E-state index in [9.17, 15) is 0 Å². The van der Waals surface area contributed by atoms with Crippen LogP contribution in [0.5, 0.6) is 5.75 Å². The van der Waals surface area contributed by atoms with E-state index < -0.39 is 0 Å². The van der Waals surface area contributed by atoms with Crippen molar-refractivity contribution in [3.63, 3.8) is 0 Å². The molecular formula is C15H18INO2. The average Bonchev–Trinajstić information content (AvgIpc) is 2.82. The third-order valence-corrected chi connectivity index (χ3v) is 3.42. The number of hydrogen-bond donors (Lipinski definition) is 1. The van der Waals surface area contributed by atoms with Gasteiger partial charge in [0.1, 0.15) is 11.5 Å². The zero-order valence-electron chi connectivity index (χ0n) is 11.2. The molecule has 0 amide bonds. The van der Waals surface area contributed by atoms with E-state index in [1.165, 1.54) is 0 Å². The second-order valence-electron chi connectivity index (χ2n) is 4.42. The smallest absolute Gasteiger partial charge is 0.164 e. The van der Waals surface area contributed by atoms with Gasteiger partial charge in [0.25, 0.3) is 0 Å². The maximum Gasteiger partial charge on any atom is 0.164 e. The zero-order valence-corrected chi connectivity index (χ0v) is 13.3. The highest BCUT2D eigenvalue weighted by Crippen LogP contribution is 2.20. The van der Waals surface area contributed by atoms with E-state index in [1.807, 2.05) is 36.4 Å². The number of furan rings is 1. The molecule has 2 rings (SSSR count). The monoisotopic (exact) mass is 371 g/mol. The van der Waals surface area contributed by atoms with Crippen molar-refractivity contribution in [3.8, 4) is 5.75 Å². The fourth-order valence-electron chi connectivity index (χ4n) is 1.63. The molecule has 0 spiro atoms. The van der Waals surface area contributed by atoms with E-state index >= 15 is 0 Å². The summed E-state index contributed by atoms with van der Waals surface area (Å²) in [7, 11) is 0. The van der Waals surface area contributed by atoms with Gasteiger partial charge in [-0.3, -0.25) is 0 Å². The Labute approximate surface area is 127 Å². The Kier molecular flexibility index (Phi) is 5.13. The molecule has 1 aromatic carbocycles. The predicted octanol–water partition coefficient (Wildman–Crippen LogP) is 4.67. The van der Waals surface area contributed by atoms with Crippen LogP contribution >= 0.6 is 22.6 Å². The number of hydrogen-bond acceptors (Lipinski definition) is 3. The Morgan fingerprint density at radius 3 is 2.84 bits per heavy atom. The fraction of sp³-hybridized carbons (Fsp3) is 0.333. The van der Waals surface area contributed by atoms with Crippen LogP contribution in [0.4, 0.5) is 5.69 Å². The second kappa shape index (κ2) is 6.84. The molecule has 0 saturated carbocycles. The molecule has 19 heavy (non-hydrogen) atoms. The van der Waals surface area contributed by atoms with Gasteiger partial charge in [0, 0.05) is 11.8 Å². The van der Waals surface area contributed by atoms with E-state index in [2.05, 4.69) is 41.8 Å². The lowest BCUT2D eigenvalue weighted by molar-refractivity contribution is 0.217. The van der Waals surface area contributed by atoms with Crippen molar-refractivity contribution in [2.45, 2.75) is 32.9 Å². The summed E-state index contributed by atoms with van der Waals surface area (Å²) in [6.07, 6.45) is 1.24. The summed E-state index contributed by atoms with van der Waals surface area (Å²) in [5, 5.41) is 3.33. The van der Waals surface area contributed by atoms with Crippen molar-refractivity contribution in [2.24, 2.45) is 0 Å². The number of halogens is 1. The third kappa shape index (κ3) is 4.45. The maximum absolute atomic E-state index is 5.80. The normalized spacial score (nSPS) is 12.2. The third-order valence-electron chi connectivity index (χ3n) is 2.84. The first-order chi connectivity index (χ1) is 9.17. The van der Waals surface area contributed by atoms with Gasteiger partial charge in [-0.2, -0.15) is 0 Å². The van der Waals surface area contributed by atoms with Crippen LogP contribution in [0.3, 0.4) is 0 Å². The quantitative estimate of drug-likeness (QED) is 0.750. The Balaban J connectivity index is 1.95. The Morgan fingerprint density at radius 2 is 2.16 bits per heavy atom. The van der Waals surface area contributed by atoms with Crippen LogP contribution in [0.15, 0.2) is 40.8 Å². The summed E-state index contributed by atoms with van der Waals surface area (Å²) in [6, 6.07) is 11.9. The minimum Gasteiger partial charge on any atom is -0.491 e. The van der Waals surface area contributed by atoms with Crippen molar-refractivity contribution in [1.82, 2.24) is 0 Å². The lowest BCUT2D eigenvalue weighted by Gasteiger charge is -2.13. The van der Waals surface area contributed by atoms with Crippen molar-refractivity contribution in [3.05, 3.63) is 45.9 Å². The van der Waals surface area contributed by atoms with E-state index in [4.69, 9.17) is 9.15 Å². The highest BCUT2D eigenvalue weighted by atomic mass is 127. The minimum absolute atomic E-state index is 0.238. The zero-order chi connectivity index (χ0) is 13.7. The molecule has 102 valence electrons. The van der Waals surface area contributed by atoms with E-state index in [-0.39, 0.29) is 6.10 Å². The van der Waals surface area contributed by atoms with E-state index in [0.29, 0.717) is 6.54 Å². The van der Waals surface area contributed by atoms with Gasteiger partial charge in [-0.05, 0) is 60.2 Å². The molecule has 0 aliphatic carbocycles. The molecule has 2 aromatic rings. The Bertz CT molecular complexity index is 524. The van der Waals surface area contributed by atoms with Crippen LogP contribution in [-0.2, 0) is 6.54 Å². The lowest BCUT2D eigenvalue weighted by Crippen LogP contribution is -2.09. The number of nitrogens with one attached hydrogen (secondary N) is 1. The van der Waals surface area contributed by atoms with Gasteiger partial charge in [0.05, 0.1) is 12.6 Å². The van der Waals surface area contributed by atoms with Crippen LogP contribution in [0.25, 0.3) is 0 Å². The number of ether oxygens (including phenoxy) is 1. The molecular weight excluding hydrogens is 353 g/mol. The molecule has 0 radical (unpaired) electrons. The van der Waals surface area contributed by atoms with Crippen molar-refractivity contribution >= 4 is 28.3 Å². The van der Waals surface area contributed by atoms with Gasteiger partial charge in [0.2, 0.25) is 0 Å². The van der Waals surface area contributed by atoms with Crippen LogP contribution < -0.4 is 10.1 Å². The van der Waals surface area contributed by atoms with Crippen molar-refractivity contribution < 1.29 is 9.15 Å². The largest absolute Gasteiger partial charge is 0.491 e. The molecule has 0 bridgehead atoms. The molecule has 0 saturated heterocycles. The van der Waals surface area contributed by atoms with E-state index in [0.717, 1.165) is 27.4 Å². The molecule has 0 aliphatic heterocycles. The summed E-state index contributed by atoms with van der Waals surface area (Å²) in [6.45, 7) is 4.87. The highest BCUT2D eigenvalue weighted by Gasteiger charge is 2.03. The van der Waals surface area contributed by atoms with Gasteiger partial charge in [-0.1, -0.05) is 13.0 Å². The molecule has 1 N–H and O–H groups in total. The van der Waals surface area contributed by atoms with Gasteiger partial charge in [0.15, 0.2) is 3.77 Å². The summed E-state index contributed by atoms with van der Waals surface area (Å²) >= 11 is 2.16. The molecule has 1 aromatic heterocycles. The molecule has 1 unspecified atom stereocenters. The van der Waals surface area contributed by atoms with E-state index in [1.54, 1.807) is 0 Å². The van der Waals surface area contributed by atoms with Crippen molar-refractivity contribution in [1.29, 1.82) is 0 Å². The van der Waals surface area contributed by atoms with Crippen molar-refractivity contribution in [2.75, 3.05) is 5.32 Å². The van der Waals surface area contributed by atoms with Crippen LogP contribution in [0, 0.1) is 3.77 Å². The summed E-state index contributed by atoms with van der Waals surface area (Å²) < 4.78 is 12.2. The fourth-order valence-corrected chi connectivity index (χ4v) is 2.09. The number of rotatable bonds is 6. The van der Waals surface area contributed by atoms with Gasteiger partial charge >= 0.3 is 0 Å². The number of anilines is 1. The summed E-state index contributed by atoms with van der Waals surface area (Å²) in [4.78, 5) is 0. The Morgan fingerprint density at radius 1 is 1.32 bits per heavy atom. The SMILES string of the molecule is CCC(C)Oc1cccc(NCc2ccc(I)o2)c1. The minimum atomic E-state index is 0.238. The highest BCUT2D eigenvalue weighted by molar-refractivity contribution is 14.1. The van der Waals surface area contributed by atoms with Gasteiger partial charge in [-0.25, -0.2) is 0 Å². The molecule has 4 heteroatoms. The first-order valence-corrected chi connectivity index (χ1v) is 7.50. The molecule has 0 fully saturated rings. The standard InChI is InChI=1S/C15H18INO2/c1-3-11(2)18-13-6-4-5-12(9-13)17-10-14-7-8-15(16)19-14/h4-9,11,17H,3,10H2,1-2H3. The molecule has 1 heterocycles. The lowest BCUT2D eigenvalue weighted by atomic mass is 10.2. The first kappa shape index (κ1) is 14.2. The maximum atomic E-state index is 5.80. The Hall–Kier alpha value is -1.17. The molecule has 1 atom stereocenters. The summed E-state index contributed by atoms with van der Waals surface area (Å²) in [5.41, 5.74) is 1.03. The van der Waals surface area contributed by atoms with Crippen LogP contribution in [0.2, 0.25) is 0 Å². The van der Waals surface area contributed by atoms with Gasteiger partial charge < -0.3 is 14.5 Å². The van der Waals surface area contributed by atoms with Gasteiger partial charge in [-0.15, -0.1) is 0 Å². The average molecular weight is 371 g/mol. The molecule has 3 nitrogen and oxygen atoms in total.